The number of nitrogens with zero attached hydrogens (tertiary/aromatic N) is 4. The van der Waals surface area contributed by atoms with Crippen molar-refractivity contribution in [3.05, 3.63) is 53.9 Å². The fraction of sp³-hybridized carbons (Fsp3) is 0.333. The molecule has 1 aromatic carbocycles. The lowest BCUT2D eigenvalue weighted by atomic mass is 9.96. The standard InChI is InChI=1S/C18H21N5OS/c1-23-13-20-22-18(23)25-12-15-7-9-16(10-8-15)17(24)21-19-11-14-5-3-2-4-6-14/h2-3,7-11,13-14H,4-6,12H2,1H3,(H,21,24)/b19-11-/t14-/m1/s1. The molecule has 0 bridgehead atoms. The molecule has 130 valence electrons. The van der Waals surface area contributed by atoms with E-state index in [9.17, 15) is 4.79 Å². The average Bonchev–Trinajstić information content (AvgIpc) is 3.06. The fourth-order valence-corrected chi connectivity index (χ4v) is 3.37. The van der Waals surface area contributed by atoms with E-state index in [0.717, 1.165) is 35.7 Å². The number of carbonyl (C=O) groups is 1. The highest BCUT2D eigenvalue weighted by Crippen LogP contribution is 2.20. The molecule has 1 aliphatic rings. The molecule has 0 saturated carbocycles. The summed E-state index contributed by atoms with van der Waals surface area (Å²) in [5, 5.41) is 12.9. The minimum atomic E-state index is -0.185. The van der Waals surface area contributed by atoms with Gasteiger partial charge < -0.3 is 4.57 Å². The lowest BCUT2D eigenvalue weighted by Crippen LogP contribution is -2.18. The predicted molar refractivity (Wildman–Crippen MR) is 99.4 cm³/mol. The Morgan fingerprint density at radius 2 is 2.24 bits per heavy atom. The van der Waals surface area contributed by atoms with Gasteiger partial charge >= 0.3 is 0 Å². The Labute approximate surface area is 151 Å². The first-order valence-electron chi connectivity index (χ1n) is 8.26. The quantitative estimate of drug-likeness (QED) is 0.374. The zero-order valence-electron chi connectivity index (χ0n) is 14.1. The molecule has 0 spiro atoms. The maximum absolute atomic E-state index is 12.1. The third-order valence-electron chi connectivity index (χ3n) is 4.01. The second-order valence-corrected chi connectivity index (χ2v) is 6.92. The van der Waals surface area contributed by atoms with Crippen molar-refractivity contribution in [1.82, 2.24) is 20.2 Å². The predicted octanol–water partition coefficient (Wildman–Crippen LogP) is 3.18. The molecule has 0 radical (unpaired) electrons. The summed E-state index contributed by atoms with van der Waals surface area (Å²) < 4.78 is 1.88. The van der Waals surface area contributed by atoms with Crippen molar-refractivity contribution in [2.45, 2.75) is 30.2 Å². The molecule has 1 amide bonds. The maximum Gasteiger partial charge on any atom is 0.271 e. The zero-order valence-corrected chi connectivity index (χ0v) is 14.9. The van der Waals surface area contributed by atoms with E-state index < -0.39 is 0 Å². The van der Waals surface area contributed by atoms with Crippen LogP contribution in [0, 0.1) is 5.92 Å². The van der Waals surface area contributed by atoms with Gasteiger partial charge in [-0.3, -0.25) is 4.79 Å². The second kappa shape index (κ2) is 8.62. The van der Waals surface area contributed by atoms with Gasteiger partial charge in [-0.05, 0) is 42.9 Å². The molecular formula is C18H21N5OS. The number of hydrazone groups is 1. The van der Waals surface area contributed by atoms with Crippen LogP contribution in [0.4, 0.5) is 0 Å². The van der Waals surface area contributed by atoms with Gasteiger partial charge in [0.2, 0.25) is 0 Å². The van der Waals surface area contributed by atoms with Gasteiger partial charge in [-0.15, -0.1) is 10.2 Å². The third-order valence-corrected chi connectivity index (χ3v) is 5.12. The molecule has 25 heavy (non-hydrogen) atoms. The molecule has 2 aromatic rings. The number of hydrogen-bond donors (Lipinski definition) is 1. The summed E-state index contributed by atoms with van der Waals surface area (Å²) in [6.07, 6.45) is 11.0. The van der Waals surface area contributed by atoms with Crippen molar-refractivity contribution in [3.63, 3.8) is 0 Å². The van der Waals surface area contributed by atoms with Gasteiger partial charge in [0.25, 0.3) is 5.91 Å². The number of hydrogen-bond acceptors (Lipinski definition) is 5. The molecular weight excluding hydrogens is 334 g/mol. The Hall–Kier alpha value is -2.41. The number of benzene rings is 1. The molecule has 7 heteroatoms. The van der Waals surface area contributed by atoms with E-state index in [4.69, 9.17) is 0 Å². The number of carbonyl (C=O) groups excluding carboxylic acids is 1. The SMILES string of the molecule is Cn1cnnc1SCc1ccc(C(=O)N/N=C\[C@@H]2CC=CCC2)cc1. The summed E-state index contributed by atoms with van der Waals surface area (Å²) >= 11 is 1.61. The number of aryl methyl sites for hydroxylation is 1. The minimum absolute atomic E-state index is 0.185. The van der Waals surface area contributed by atoms with Gasteiger partial charge in [0.05, 0.1) is 0 Å². The molecule has 1 aliphatic carbocycles. The minimum Gasteiger partial charge on any atom is -0.312 e. The zero-order chi connectivity index (χ0) is 17.5. The molecule has 1 atom stereocenters. The first-order valence-corrected chi connectivity index (χ1v) is 9.25. The van der Waals surface area contributed by atoms with Crippen LogP contribution in [-0.4, -0.2) is 26.9 Å². The Kier molecular flexibility index (Phi) is 6.00. The molecule has 1 aromatic heterocycles. The number of thioether (sulfide) groups is 1. The Bertz CT molecular complexity index is 766. The van der Waals surface area contributed by atoms with Gasteiger partial charge in [-0.1, -0.05) is 36.0 Å². The van der Waals surface area contributed by atoms with Crippen LogP contribution in [-0.2, 0) is 12.8 Å². The molecule has 0 unspecified atom stereocenters. The van der Waals surface area contributed by atoms with Crippen LogP contribution in [0.3, 0.4) is 0 Å². The molecule has 1 N–H and O–H groups in total. The summed E-state index contributed by atoms with van der Waals surface area (Å²) in [4.78, 5) is 12.1. The van der Waals surface area contributed by atoms with E-state index in [0.29, 0.717) is 11.5 Å². The molecule has 0 saturated heterocycles. The Balaban J connectivity index is 1.49. The van der Waals surface area contributed by atoms with Gasteiger partial charge in [-0.2, -0.15) is 5.10 Å². The third kappa shape index (κ3) is 5.03. The molecule has 0 aliphatic heterocycles. The van der Waals surface area contributed by atoms with Crippen LogP contribution in [0.25, 0.3) is 0 Å². The van der Waals surface area contributed by atoms with E-state index in [1.165, 1.54) is 0 Å². The summed E-state index contributed by atoms with van der Waals surface area (Å²) in [6, 6.07) is 7.55. The van der Waals surface area contributed by atoms with Crippen molar-refractivity contribution >= 4 is 23.9 Å². The Morgan fingerprint density at radius 3 is 2.92 bits per heavy atom. The van der Waals surface area contributed by atoms with Crippen molar-refractivity contribution in [2.75, 3.05) is 0 Å². The Morgan fingerprint density at radius 1 is 1.40 bits per heavy atom. The molecule has 0 fully saturated rings. The summed E-state index contributed by atoms with van der Waals surface area (Å²) in [5.41, 5.74) is 4.34. The largest absolute Gasteiger partial charge is 0.312 e. The smallest absolute Gasteiger partial charge is 0.271 e. The van der Waals surface area contributed by atoms with Crippen LogP contribution >= 0.6 is 11.8 Å². The number of aromatic nitrogens is 3. The lowest BCUT2D eigenvalue weighted by molar-refractivity contribution is 0.0955. The highest BCUT2D eigenvalue weighted by molar-refractivity contribution is 7.98. The maximum atomic E-state index is 12.1. The molecule has 3 rings (SSSR count). The topological polar surface area (TPSA) is 72.2 Å². The second-order valence-electron chi connectivity index (χ2n) is 5.97. The van der Waals surface area contributed by atoms with Crippen molar-refractivity contribution in [2.24, 2.45) is 18.1 Å². The van der Waals surface area contributed by atoms with E-state index in [1.807, 2.05) is 42.1 Å². The van der Waals surface area contributed by atoms with Crippen molar-refractivity contribution in [3.8, 4) is 0 Å². The van der Waals surface area contributed by atoms with Crippen molar-refractivity contribution in [1.29, 1.82) is 0 Å². The lowest BCUT2D eigenvalue weighted by Gasteiger charge is -2.11. The van der Waals surface area contributed by atoms with E-state index in [2.05, 4.69) is 32.9 Å². The van der Waals surface area contributed by atoms with Gasteiger partial charge in [0.15, 0.2) is 5.16 Å². The molecule has 1 heterocycles. The van der Waals surface area contributed by atoms with Crippen LogP contribution in [0.5, 0.6) is 0 Å². The number of nitrogens with one attached hydrogen (secondary N) is 1. The van der Waals surface area contributed by atoms with Crippen LogP contribution in [0.2, 0.25) is 0 Å². The number of amides is 1. The van der Waals surface area contributed by atoms with Gasteiger partial charge in [-0.25, -0.2) is 5.43 Å². The monoisotopic (exact) mass is 355 g/mol. The van der Waals surface area contributed by atoms with Crippen LogP contribution < -0.4 is 5.43 Å². The highest BCUT2D eigenvalue weighted by Gasteiger charge is 2.08. The highest BCUT2D eigenvalue weighted by atomic mass is 32.2. The average molecular weight is 355 g/mol. The normalized spacial score (nSPS) is 17.1. The van der Waals surface area contributed by atoms with Crippen molar-refractivity contribution < 1.29 is 4.79 Å². The number of rotatable bonds is 6. The fourth-order valence-electron chi connectivity index (χ4n) is 2.52. The van der Waals surface area contributed by atoms with E-state index >= 15 is 0 Å². The number of allylic oxidation sites excluding steroid dienone is 2. The first kappa shape index (κ1) is 17.4. The first-order chi connectivity index (χ1) is 12.2. The van der Waals surface area contributed by atoms with E-state index in [-0.39, 0.29) is 5.91 Å². The van der Waals surface area contributed by atoms with E-state index in [1.54, 1.807) is 18.1 Å². The molecule has 6 nitrogen and oxygen atoms in total. The summed E-state index contributed by atoms with van der Waals surface area (Å²) in [6.45, 7) is 0. The van der Waals surface area contributed by atoms with Gasteiger partial charge in [0, 0.05) is 24.6 Å². The summed E-state index contributed by atoms with van der Waals surface area (Å²) in [7, 11) is 1.92. The summed E-state index contributed by atoms with van der Waals surface area (Å²) in [5.74, 6) is 1.02. The van der Waals surface area contributed by atoms with Gasteiger partial charge in [0.1, 0.15) is 6.33 Å². The van der Waals surface area contributed by atoms with Crippen LogP contribution in [0.15, 0.2) is 53.0 Å². The van der Waals surface area contributed by atoms with Crippen LogP contribution in [0.1, 0.15) is 35.2 Å².